The van der Waals surface area contributed by atoms with Gasteiger partial charge in [0.1, 0.15) is 0 Å². The van der Waals surface area contributed by atoms with E-state index in [2.05, 4.69) is 51.1 Å². The van der Waals surface area contributed by atoms with Crippen molar-refractivity contribution >= 4 is 28.6 Å². The molecule has 16 heavy (non-hydrogen) atoms. The Hall–Kier alpha value is -0.575. The first kappa shape index (κ1) is 11.9. The van der Waals surface area contributed by atoms with Gasteiger partial charge in [-0.05, 0) is 43.1 Å². The Morgan fingerprint density at radius 2 is 2.00 bits per heavy atom. The molecule has 84 valence electrons. The second-order valence-electron chi connectivity index (χ2n) is 4.11. The summed E-state index contributed by atoms with van der Waals surface area (Å²) in [7, 11) is -0.345. The van der Waals surface area contributed by atoms with Crippen molar-refractivity contribution in [2.24, 2.45) is 0 Å². The van der Waals surface area contributed by atoms with Crippen LogP contribution in [0.15, 0.2) is 34.8 Å². The zero-order valence-corrected chi connectivity index (χ0v) is 10.9. The van der Waals surface area contributed by atoms with Gasteiger partial charge in [0.25, 0.3) is 0 Å². The molecule has 0 aromatic heterocycles. The molecule has 0 saturated carbocycles. The fourth-order valence-corrected chi connectivity index (χ4v) is 2.21. The van der Waals surface area contributed by atoms with Crippen molar-refractivity contribution in [3.8, 4) is 0 Å². The highest BCUT2D eigenvalue weighted by Crippen LogP contribution is 2.23. The molecule has 0 saturated heterocycles. The first-order valence-electron chi connectivity index (χ1n) is 5.54. The van der Waals surface area contributed by atoms with E-state index in [9.17, 15) is 5.02 Å². The summed E-state index contributed by atoms with van der Waals surface area (Å²) in [6, 6.07) is 8.40. The second kappa shape index (κ2) is 5.17. The van der Waals surface area contributed by atoms with E-state index in [0.717, 1.165) is 24.0 Å². The van der Waals surface area contributed by atoms with Crippen LogP contribution >= 0.6 is 15.9 Å². The third-order valence-electron chi connectivity index (χ3n) is 2.98. The quantitative estimate of drug-likeness (QED) is 0.842. The van der Waals surface area contributed by atoms with Gasteiger partial charge in [0.15, 0.2) is 0 Å². The topological polar surface area (TPSA) is 23.5 Å². The molecule has 1 aliphatic heterocycles. The van der Waals surface area contributed by atoms with Gasteiger partial charge in [0.05, 0.1) is 0 Å². The van der Waals surface area contributed by atoms with Crippen LogP contribution in [0.3, 0.4) is 0 Å². The van der Waals surface area contributed by atoms with Crippen molar-refractivity contribution in [2.45, 2.75) is 13.2 Å². The predicted octanol–water partition coefficient (Wildman–Crippen LogP) is 2.65. The lowest BCUT2D eigenvalue weighted by Crippen LogP contribution is -2.39. The molecular formula is C12H15BBrNO. The van der Waals surface area contributed by atoms with Gasteiger partial charge in [-0.1, -0.05) is 34.1 Å². The minimum atomic E-state index is -0.345. The molecule has 2 rings (SSSR count). The maximum absolute atomic E-state index is 9.46. The number of hydrogen-bond donors (Lipinski definition) is 1. The van der Waals surface area contributed by atoms with Crippen molar-refractivity contribution < 1.29 is 5.02 Å². The molecule has 4 heteroatoms. The van der Waals surface area contributed by atoms with Crippen LogP contribution in [0.2, 0.25) is 6.82 Å². The van der Waals surface area contributed by atoms with Crippen molar-refractivity contribution in [2.75, 3.05) is 13.1 Å². The molecule has 1 heterocycles. The molecular weight excluding hydrogens is 265 g/mol. The van der Waals surface area contributed by atoms with Crippen molar-refractivity contribution in [3.63, 3.8) is 0 Å². The smallest absolute Gasteiger partial charge is 0.376 e. The SMILES string of the molecule is CB(O)N1CC=C(c2ccc(Br)cc2)CC1. The van der Waals surface area contributed by atoms with Crippen LogP contribution in [0.4, 0.5) is 0 Å². The lowest BCUT2D eigenvalue weighted by atomic mass is 9.82. The Bertz CT molecular complexity index is 389. The van der Waals surface area contributed by atoms with E-state index in [1.165, 1.54) is 11.1 Å². The van der Waals surface area contributed by atoms with Gasteiger partial charge in [-0.25, -0.2) is 0 Å². The molecule has 1 aromatic carbocycles. The Balaban J connectivity index is 2.10. The number of nitrogens with zero attached hydrogens (tertiary/aromatic N) is 1. The first-order valence-corrected chi connectivity index (χ1v) is 6.33. The highest BCUT2D eigenvalue weighted by Gasteiger charge is 2.18. The molecule has 0 unspecified atom stereocenters. The average molecular weight is 280 g/mol. The third-order valence-corrected chi connectivity index (χ3v) is 3.51. The summed E-state index contributed by atoms with van der Waals surface area (Å²) < 4.78 is 1.11. The first-order chi connectivity index (χ1) is 7.66. The zero-order chi connectivity index (χ0) is 11.5. The number of rotatable bonds is 2. The summed E-state index contributed by atoms with van der Waals surface area (Å²) in [5.41, 5.74) is 2.66. The van der Waals surface area contributed by atoms with Gasteiger partial charge in [-0.2, -0.15) is 0 Å². The van der Waals surface area contributed by atoms with Gasteiger partial charge in [-0.3, -0.25) is 0 Å². The van der Waals surface area contributed by atoms with Crippen molar-refractivity contribution in [1.29, 1.82) is 0 Å². The summed E-state index contributed by atoms with van der Waals surface area (Å²) >= 11 is 3.44. The normalized spacial score (nSPS) is 17.1. The molecule has 1 N–H and O–H groups in total. The summed E-state index contributed by atoms with van der Waals surface area (Å²) in [5.74, 6) is 0. The molecule has 0 spiro atoms. The van der Waals surface area contributed by atoms with Crippen LogP contribution in [0.5, 0.6) is 0 Å². The number of halogens is 1. The van der Waals surface area contributed by atoms with E-state index in [1.54, 1.807) is 0 Å². The second-order valence-corrected chi connectivity index (χ2v) is 5.03. The van der Waals surface area contributed by atoms with Gasteiger partial charge in [0.2, 0.25) is 0 Å². The van der Waals surface area contributed by atoms with E-state index < -0.39 is 0 Å². The van der Waals surface area contributed by atoms with Gasteiger partial charge in [0, 0.05) is 11.0 Å². The molecule has 0 bridgehead atoms. The van der Waals surface area contributed by atoms with Gasteiger partial charge >= 0.3 is 7.05 Å². The van der Waals surface area contributed by atoms with Crippen LogP contribution < -0.4 is 0 Å². The van der Waals surface area contributed by atoms with Crippen LogP contribution in [0, 0.1) is 0 Å². The molecule has 1 aromatic rings. The van der Waals surface area contributed by atoms with E-state index in [0.29, 0.717) is 0 Å². The molecule has 0 atom stereocenters. The van der Waals surface area contributed by atoms with E-state index in [1.807, 2.05) is 6.82 Å². The lowest BCUT2D eigenvalue weighted by molar-refractivity contribution is 0.392. The zero-order valence-electron chi connectivity index (χ0n) is 9.36. The molecule has 2 nitrogen and oxygen atoms in total. The molecule has 0 aliphatic carbocycles. The molecule has 0 amide bonds. The fraction of sp³-hybridized carbons (Fsp3) is 0.333. The van der Waals surface area contributed by atoms with Gasteiger partial charge in [-0.15, -0.1) is 0 Å². The minimum absolute atomic E-state index is 0.345. The highest BCUT2D eigenvalue weighted by molar-refractivity contribution is 9.10. The Labute approximate surface area is 105 Å². The Kier molecular flexibility index (Phi) is 3.84. The third kappa shape index (κ3) is 2.76. The summed E-state index contributed by atoms with van der Waals surface area (Å²) in [6.45, 7) is 3.58. The maximum atomic E-state index is 9.46. The summed E-state index contributed by atoms with van der Waals surface area (Å²) in [5, 5.41) is 9.46. The number of benzene rings is 1. The Morgan fingerprint density at radius 1 is 1.31 bits per heavy atom. The summed E-state index contributed by atoms with van der Waals surface area (Å²) in [6.07, 6.45) is 3.21. The van der Waals surface area contributed by atoms with Crippen LogP contribution in [0.1, 0.15) is 12.0 Å². The summed E-state index contributed by atoms with van der Waals surface area (Å²) in [4.78, 5) is 2.06. The van der Waals surface area contributed by atoms with Crippen LogP contribution in [0.25, 0.3) is 5.57 Å². The Morgan fingerprint density at radius 3 is 2.50 bits per heavy atom. The van der Waals surface area contributed by atoms with E-state index in [4.69, 9.17) is 0 Å². The van der Waals surface area contributed by atoms with Crippen molar-refractivity contribution in [3.05, 3.63) is 40.4 Å². The number of hydrogen-bond acceptors (Lipinski definition) is 2. The molecule has 1 aliphatic rings. The monoisotopic (exact) mass is 279 g/mol. The molecule has 0 radical (unpaired) electrons. The van der Waals surface area contributed by atoms with Crippen LogP contribution in [-0.2, 0) is 0 Å². The largest absolute Gasteiger partial charge is 0.437 e. The van der Waals surface area contributed by atoms with Crippen LogP contribution in [-0.4, -0.2) is 30.0 Å². The maximum Gasteiger partial charge on any atom is 0.376 e. The fourth-order valence-electron chi connectivity index (χ4n) is 1.95. The lowest BCUT2D eigenvalue weighted by Gasteiger charge is -2.27. The van der Waals surface area contributed by atoms with E-state index in [-0.39, 0.29) is 7.05 Å². The van der Waals surface area contributed by atoms with Crippen molar-refractivity contribution in [1.82, 2.24) is 4.81 Å². The predicted molar refractivity (Wildman–Crippen MR) is 72.1 cm³/mol. The minimum Gasteiger partial charge on any atom is -0.437 e. The average Bonchev–Trinajstić information content (AvgIpc) is 2.30. The van der Waals surface area contributed by atoms with E-state index >= 15 is 0 Å². The highest BCUT2D eigenvalue weighted by atomic mass is 79.9. The molecule has 0 fully saturated rings. The standard InChI is InChI=1S/C12H15BBrNO/c1-13(16)15-8-6-11(7-9-15)10-2-4-12(14)5-3-10/h2-6,16H,7-9H2,1H3. The van der Waals surface area contributed by atoms with Gasteiger partial charge < -0.3 is 9.83 Å².